The minimum atomic E-state index is -4.64. The van der Waals surface area contributed by atoms with E-state index < -0.39 is 27.8 Å². The maximum absolute atomic E-state index is 13.4. The molecule has 0 N–H and O–H groups in total. The first-order valence-electron chi connectivity index (χ1n) is 15.0. The topological polar surface area (TPSA) is 60.9 Å². The third-order valence-electron chi connectivity index (χ3n) is 9.41. The fourth-order valence-electron chi connectivity index (χ4n) is 6.58. The van der Waals surface area contributed by atoms with Crippen molar-refractivity contribution >= 4 is 15.9 Å². The highest BCUT2D eigenvalue weighted by Gasteiger charge is 2.39. The van der Waals surface area contributed by atoms with Crippen molar-refractivity contribution in [2.45, 2.75) is 86.9 Å². The largest absolute Gasteiger partial charge is 0.416 e. The van der Waals surface area contributed by atoms with Gasteiger partial charge in [0, 0.05) is 38.1 Å². The predicted octanol–water partition coefficient (Wildman–Crippen LogP) is 6.22. The van der Waals surface area contributed by atoms with Crippen LogP contribution in [0.3, 0.4) is 0 Å². The van der Waals surface area contributed by atoms with E-state index in [0.717, 1.165) is 57.1 Å². The Balaban J connectivity index is 1.32. The van der Waals surface area contributed by atoms with Crippen LogP contribution in [0.25, 0.3) is 0 Å². The molecule has 1 saturated heterocycles. The number of alkyl halides is 3. The van der Waals surface area contributed by atoms with Gasteiger partial charge in [0.05, 0.1) is 10.5 Å². The smallest absolute Gasteiger partial charge is 0.346 e. The van der Waals surface area contributed by atoms with Gasteiger partial charge in [-0.25, -0.2) is 8.42 Å². The van der Waals surface area contributed by atoms with Crippen LogP contribution in [0.4, 0.5) is 13.2 Å². The molecule has 0 radical (unpaired) electrons. The zero-order valence-electron chi connectivity index (χ0n) is 24.9. The van der Waals surface area contributed by atoms with Gasteiger partial charge in [0.2, 0.25) is 15.9 Å². The first-order chi connectivity index (χ1) is 19.8. The summed E-state index contributed by atoms with van der Waals surface area (Å²) in [5, 5.41) is 0. The van der Waals surface area contributed by atoms with Crippen molar-refractivity contribution in [3.8, 4) is 0 Å². The fourth-order valence-corrected chi connectivity index (χ4v) is 8.32. The summed E-state index contributed by atoms with van der Waals surface area (Å²) >= 11 is 0. The van der Waals surface area contributed by atoms with Gasteiger partial charge in [-0.2, -0.15) is 17.5 Å². The van der Waals surface area contributed by atoms with E-state index in [4.69, 9.17) is 0 Å². The van der Waals surface area contributed by atoms with Crippen LogP contribution in [0, 0.1) is 5.92 Å². The molecule has 2 aromatic rings. The van der Waals surface area contributed by atoms with Gasteiger partial charge in [-0.15, -0.1) is 0 Å². The molecule has 42 heavy (non-hydrogen) atoms. The number of hydrogen-bond donors (Lipinski definition) is 0. The Morgan fingerprint density at radius 3 is 2.31 bits per heavy atom. The molecule has 0 bridgehead atoms. The summed E-state index contributed by atoms with van der Waals surface area (Å²) in [5.41, 5.74) is 0.482. The highest BCUT2D eigenvalue weighted by molar-refractivity contribution is 7.89. The van der Waals surface area contributed by atoms with E-state index in [2.05, 4.69) is 43.3 Å². The van der Waals surface area contributed by atoms with E-state index in [1.807, 2.05) is 6.07 Å². The van der Waals surface area contributed by atoms with Gasteiger partial charge in [0.25, 0.3) is 0 Å². The minimum absolute atomic E-state index is 0.0280. The number of benzene rings is 2. The SMILES string of the molecule is CN(CCC1CCC(Cc2ccccc2)(N(C)C)CC1)C(=O)CC1CCCCN1S(=O)(=O)c1cccc(C(F)(F)F)c1. The Kier molecular flexibility index (Phi) is 10.4. The van der Waals surface area contributed by atoms with Crippen LogP contribution >= 0.6 is 0 Å². The van der Waals surface area contributed by atoms with Crippen molar-refractivity contribution in [1.29, 1.82) is 0 Å². The summed E-state index contributed by atoms with van der Waals surface area (Å²) in [5.74, 6) is 0.394. The molecule has 1 aliphatic carbocycles. The zero-order valence-corrected chi connectivity index (χ0v) is 25.8. The average Bonchev–Trinajstić information content (AvgIpc) is 2.97. The van der Waals surface area contributed by atoms with Gasteiger partial charge < -0.3 is 9.80 Å². The number of nitrogens with zero attached hydrogens (tertiary/aromatic N) is 3. The zero-order chi connectivity index (χ0) is 30.5. The van der Waals surface area contributed by atoms with E-state index in [-0.39, 0.29) is 29.3 Å². The normalized spacial score (nSPS) is 24.1. The van der Waals surface area contributed by atoms with Gasteiger partial charge in [0.1, 0.15) is 0 Å². The van der Waals surface area contributed by atoms with Gasteiger partial charge in [-0.3, -0.25) is 4.79 Å². The highest BCUT2D eigenvalue weighted by atomic mass is 32.2. The van der Waals surface area contributed by atoms with Crippen molar-refractivity contribution in [3.05, 3.63) is 65.7 Å². The lowest BCUT2D eigenvalue weighted by atomic mass is 9.72. The van der Waals surface area contributed by atoms with Gasteiger partial charge >= 0.3 is 6.18 Å². The van der Waals surface area contributed by atoms with E-state index in [0.29, 0.717) is 31.4 Å². The molecule has 1 atom stereocenters. The predicted molar refractivity (Wildman–Crippen MR) is 158 cm³/mol. The third-order valence-corrected chi connectivity index (χ3v) is 11.4. The lowest BCUT2D eigenvalue weighted by molar-refractivity contribution is -0.137. The molecule has 10 heteroatoms. The average molecular weight is 608 g/mol. The summed E-state index contributed by atoms with van der Waals surface area (Å²) < 4.78 is 67.8. The van der Waals surface area contributed by atoms with Crippen LogP contribution in [0.5, 0.6) is 0 Å². The maximum atomic E-state index is 13.4. The van der Waals surface area contributed by atoms with Gasteiger partial charge in [-0.05, 0) is 95.1 Å². The Labute approximate surface area is 248 Å². The lowest BCUT2D eigenvalue weighted by Gasteiger charge is -2.45. The second-order valence-corrected chi connectivity index (χ2v) is 14.2. The summed E-state index contributed by atoms with van der Waals surface area (Å²) in [6, 6.07) is 13.9. The minimum Gasteiger partial charge on any atom is -0.346 e. The van der Waals surface area contributed by atoms with Crippen molar-refractivity contribution in [1.82, 2.24) is 14.1 Å². The van der Waals surface area contributed by atoms with Crippen LogP contribution in [0.15, 0.2) is 59.5 Å². The van der Waals surface area contributed by atoms with E-state index >= 15 is 0 Å². The molecule has 4 rings (SSSR count). The number of carbonyl (C=O) groups is 1. The van der Waals surface area contributed by atoms with Gasteiger partial charge in [0.15, 0.2) is 0 Å². The molecule has 1 aliphatic heterocycles. The lowest BCUT2D eigenvalue weighted by Crippen LogP contribution is -2.49. The Bertz CT molecular complexity index is 1290. The number of likely N-dealkylation sites (N-methyl/N-ethyl adjacent to an activating group) is 1. The molecule has 2 aliphatic rings. The van der Waals surface area contributed by atoms with Crippen molar-refractivity contribution in [2.24, 2.45) is 5.92 Å². The first kappa shape index (κ1) is 32.5. The number of amides is 1. The molecule has 2 aromatic carbocycles. The van der Waals surface area contributed by atoms with Crippen LogP contribution in [-0.2, 0) is 27.4 Å². The first-order valence-corrected chi connectivity index (χ1v) is 16.4. The van der Waals surface area contributed by atoms with Crippen LogP contribution < -0.4 is 0 Å². The summed E-state index contributed by atoms with van der Waals surface area (Å²) in [4.78, 5) is 16.9. The highest BCUT2D eigenvalue weighted by Crippen LogP contribution is 2.39. The molecule has 1 amide bonds. The van der Waals surface area contributed by atoms with E-state index in [9.17, 15) is 26.4 Å². The molecular formula is C32H44F3N3O3S. The third kappa shape index (κ3) is 7.74. The quantitative estimate of drug-likeness (QED) is 0.322. The number of carbonyl (C=O) groups excluding carboxylic acids is 1. The molecule has 1 unspecified atom stereocenters. The Morgan fingerprint density at radius 2 is 1.67 bits per heavy atom. The second-order valence-electron chi connectivity index (χ2n) is 12.3. The van der Waals surface area contributed by atoms with Gasteiger partial charge in [-0.1, -0.05) is 42.8 Å². The van der Waals surface area contributed by atoms with Crippen molar-refractivity contribution in [2.75, 3.05) is 34.2 Å². The number of halogens is 3. The van der Waals surface area contributed by atoms with Crippen LogP contribution in [0.1, 0.15) is 68.9 Å². The maximum Gasteiger partial charge on any atom is 0.416 e. The number of rotatable bonds is 10. The number of piperidine rings is 1. The molecule has 1 heterocycles. The summed E-state index contributed by atoms with van der Waals surface area (Å²) in [6.07, 6.45) is 3.59. The molecule has 0 spiro atoms. The Hall–Kier alpha value is -2.43. The molecule has 232 valence electrons. The summed E-state index contributed by atoms with van der Waals surface area (Å²) in [7, 11) is 1.91. The van der Waals surface area contributed by atoms with E-state index in [1.165, 1.54) is 15.9 Å². The van der Waals surface area contributed by atoms with Crippen molar-refractivity contribution in [3.63, 3.8) is 0 Å². The van der Waals surface area contributed by atoms with Crippen LogP contribution in [0.2, 0.25) is 0 Å². The monoisotopic (exact) mass is 607 g/mol. The number of sulfonamides is 1. The van der Waals surface area contributed by atoms with E-state index in [1.54, 1.807) is 11.9 Å². The fraction of sp³-hybridized carbons (Fsp3) is 0.594. The second kappa shape index (κ2) is 13.5. The van der Waals surface area contributed by atoms with Crippen molar-refractivity contribution < 1.29 is 26.4 Å². The molecule has 2 fully saturated rings. The Morgan fingerprint density at radius 1 is 0.976 bits per heavy atom. The van der Waals surface area contributed by atoms with Crippen LogP contribution in [-0.4, -0.2) is 74.2 Å². The summed E-state index contributed by atoms with van der Waals surface area (Å²) in [6.45, 7) is 0.795. The number of hydrogen-bond acceptors (Lipinski definition) is 4. The standard InChI is InChI=1S/C32H44F3N3O3S/c1-36(2)31(24-26-10-5-4-6-11-26)18-15-25(16-19-31)17-21-37(3)30(39)23-28-13-7-8-20-38(28)42(40,41)29-14-9-12-27(22-29)32(33,34)35/h4-6,9-12,14,22,25,28H,7-8,13,15-21,23-24H2,1-3H3. The molecule has 1 saturated carbocycles. The molecule has 6 nitrogen and oxygen atoms in total. The molecule has 0 aromatic heterocycles. The molecular weight excluding hydrogens is 563 g/mol.